The molecule has 0 aliphatic carbocycles. The molecule has 2 N–H and O–H groups in total. The highest BCUT2D eigenvalue weighted by Crippen LogP contribution is 2.34. The summed E-state index contributed by atoms with van der Waals surface area (Å²) >= 11 is 0. The highest BCUT2D eigenvalue weighted by atomic mass is 19.2. The van der Waals surface area contributed by atoms with E-state index >= 15 is 0 Å². The number of likely N-dealkylation sites (N-methyl/N-ethyl adjacent to an activating group) is 1. The zero-order valence-corrected chi connectivity index (χ0v) is 25.6. The number of pyridine rings is 1. The molecule has 1 atom stereocenters. The Morgan fingerprint density at radius 3 is 2.47 bits per heavy atom. The maximum absolute atomic E-state index is 14.8. The van der Waals surface area contributed by atoms with Gasteiger partial charge in [-0.3, -0.25) is 14.4 Å². The number of aromatic amines is 1. The van der Waals surface area contributed by atoms with Gasteiger partial charge in [0.2, 0.25) is 11.7 Å². The fourth-order valence-corrected chi connectivity index (χ4v) is 4.14. The molecule has 2 heterocycles. The molecule has 4 rings (SSSR count). The zero-order chi connectivity index (χ0) is 34.4. The van der Waals surface area contributed by atoms with E-state index in [1.54, 1.807) is 14.1 Å². The standard InChI is InChI=1S/C31H30F4N6O6/c1-39(2)25(42)10-6-5-9-23(47-31(45)40(3)4)29(43)37-20-8-7-13-41(30(20)44)16-24-36-21-15-19(34)26(35)28(27(21)38-24)46-22-12-11-17(32)14-18(22)33/h6-8,10-15,23H,5,9,16H2,1-4H3,(H,36,38)(H,37,43)/b10-6+. The molecule has 16 heteroatoms. The summed E-state index contributed by atoms with van der Waals surface area (Å²) in [5, 5.41) is 2.46. The fraction of sp³-hybridized carbons (Fsp3) is 0.258. The van der Waals surface area contributed by atoms with Gasteiger partial charge in [0.15, 0.2) is 29.2 Å². The van der Waals surface area contributed by atoms with Crippen molar-refractivity contribution in [2.75, 3.05) is 33.5 Å². The Bertz CT molecular complexity index is 1910. The SMILES string of the molecule is CN(C)C(=O)/C=C/CCC(OC(=O)N(C)C)C(=O)Nc1cccn(Cc2nc3c(Oc4ccc(F)cc4F)c(F)c(F)cc3[nH]2)c1=O. The number of nitrogens with zero attached hydrogens (tertiary/aromatic N) is 4. The number of halogens is 4. The minimum Gasteiger partial charge on any atom is -0.449 e. The van der Waals surface area contributed by atoms with Gasteiger partial charge >= 0.3 is 6.09 Å². The first kappa shape index (κ1) is 34.2. The number of amides is 3. The first-order chi connectivity index (χ1) is 22.2. The van der Waals surface area contributed by atoms with Gasteiger partial charge in [-0.1, -0.05) is 6.08 Å². The summed E-state index contributed by atoms with van der Waals surface area (Å²) < 4.78 is 68.3. The Morgan fingerprint density at radius 2 is 1.79 bits per heavy atom. The van der Waals surface area contributed by atoms with Crippen molar-refractivity contribution in [1.82, 2.24) is 24.3 Å². The third-order valence-corrected chi connectivity index (χ3v) is 6.58. The first-order valence-corrected chi connectivity index (χ1v) is 14.0. The molecule has 0 spiro atoms. The topological polar surface area (TPSA) is 139 Å². The lowest BCUT2D eigenvalue weighted by molar-refractivity contribution is -0.125. The minimum absolute atomic E-state index is 0.00196. The molecule has 2 aromatic carbocycles. The van der Waals surface area contributed by atoms with Gasteiger partial charge in [-0.2, -0.15) is 4.39 Å². The second-order valence-corrected chi connectivity index (χ2v) is 10.6. The number of fused-ring (bicyclic) bond motifs is 1. The summed E-state index contributed by atoms with van der Waals surface area (Å²) in [6, 6.07) is 5.86. The van der Waals surface area contributed by atoms with Crippen LogP contribution in [0.3, 0.4) is 0 Å². The Kier molecular flexibility index (Phi) is 10.6. The molecule has 0 bridgehead atoms. The number of allylic oxidation sites excluding steroid dienone is 1. The first-order valence-electron chi connectivity index (χ1n) is 14.0. The number of nitrogens with one attached hydrogen (secondary N) is 2. The van der Waals surface area contributed by atoms with E-state index in [2.05, 4.69) is 15.3 Å². The summed E-state index contributed by atoms with van der Waals surface area (Å²) in [7, 11) is 6.01. The zero-order valence-electron chi connectivity index (χ0n) is 25.6. The number of hydrogen-bond acceptors (Lipinski definition) is 7. The van der Waals surface area contributed by atoms with E-state index in [-0.39, 0.29) is 47.8 Å². The van der Waals surface area contributed by atoms with Gasteiger partial charge in [0, 0.05) is 46.5 Å². The van der Waals surface area contributed by atoms with Crippen LogP contribution in [0.25, 0.3) is 11.0 Å². The monoisotopic (exact) mass is 658 g/mol. The average Bonchev–Trinajstić information content (AvgIpc) is 3.41. The van der Waals surface area contributed by atoms with Gasteiger partial charge in [0.1, 0.15) is 22.8 Å². The fourth-order valence-electron chi connectivity index (χ4n) is 4.14. The van der Waals surface area contributed by atoms with Crippen LogP contribution in [0.2, 0.25) is 0 Å². The Labute approximate surface area is 265 Å². The van der Waals surface area contributed by atoms with Crippen LogP contribution in [0.4, 0.5) is 28.0 Å². The van der Waals surface area contributed by atoms with Crippen molar-refractivity contribution in [2.45, 2.75) is 25.5 Å². The number of H-pyrrole nitrogens is 1. The second-order valence-electron chi connectivity index (χ2n) is 10.6. The molecule has 0 saturated heterocycles. The minimum atomic E-state index is -1.47. The molecule has 0 saturated carbocycles. The quantitative estimate of drug-likeness (QED) is 0.178. The summed E-state index contributed by atoms with van der Waals surface area (Å²) in [5.74, 6) is -7.23. The smallest absolute Gasteiger partial charge is 0.410 e. The molecular weight excluding hydrogens is 628 g/mol. The predicted octanol–water partition coefficient (Wildman–Crippen LogP) is 4.55. The summed E-state index contributed by atoms with van der Waals surface area (Å²) in [5.41, 5.74) is -1.14. The van der Waals surface area contributed by atoms with Gasteiger partial charge in [-0.05, 0) is 43.2 Å². The number of ether oxygens (including phenoxy) is 2. The van der Waals surface area contributed by atoms with Crippen molar-refractivity contribution in [3.8, 4) is 11.5 Å². The van der Waals surface area contributed by atoms with E-state index in [4.69, 9.17) is 9.47 Å². The van der Waals surface area contributed by atoms with Crippen molar-refractivity contribution in [2.24, 2.45) is 0 Å². The number of benzene rings is 2. The molecule has 4 aromatic rings. The van der Waals surface area contributed by atoms with E-state index in [0.29, 0.717) is 6.07 Å². The van der Waals surface area contributed by atoms with Crippen LogP contribution in [0.1, 0.15) is 18.7 Å². The second kappa shape index (κ2) is 14.6. The number of anilines is 1. The van der Waals surface area contributed by atoms with Crippen LogP contribution in [0.15, 0.2) is 59.5 Å². The van der Waals surface area contributed by atoms with Crippen LogP contribution < -0.4 is 15.6 Å². The number of rotatable bonds is 11. The number of carbonyl (C=O) groups is 3. The highest BCUT2D eigenvalue weighted by Gasteiger charge is 2.25. The molecule has 248 valence electrons. The summed E-state index contributed by atoms with van der Waals surface area (Å²) in [6.07, 6.45) is 2.29. The van der Waals surface area contributed by atoms with Crippen molar-refractivity contribution >= 4 is 34.6 Å². The van der Waals surface area contributed by atoms with Gasteiger partial charge in [0.05, 0.1) is 12.1 Å². The molecule has 1 unspecified atom stereocenters. The molecule has 2 aromatic heterocycles. The normalized spacial score (nSPS) is 11.8. The van der Waals surface area contributed by atoms with Gasteiger partial charge in [0.25, 0.3) is 11.5 Å². The number of hydrogen-bond donors (Lipinski definition) is 2. The van der Waals surface area contributed by atoms with Gasteiger partial charge < -0.3 is 34.1 Å². The highest BCUT2D eigenvalue weighted by molar-refractivity contribution is 5.95. The molecule has 0 aliphatic heterocycles. The maximum Gasteiger partial charge on any atom is 0.410 e. The average molecular weight is 659 g/mol. The van der Waals surface area contributed by atoms with Crippen LogP contribution in [0, 0.1) is 23.3 Å². The van der Waals surface area contributed by atoms with Crippen molar-refractivity contribution < 1.29 is 41.4 Å². The molecular formula is C31H30F4N6O6. The van der Waals surface area contributed by atoms with Crippen LogP contribution in [0.5, 0.6) is 11.5 Å². The van der Waals surface area contributed by atoms with Crippen molar-refractivity contribution in [3.63, 3.8) is 0 Å². The number of carbonyl (C=O) groups excluding carboxylic acids is 3. The van der Waals surface area contributed by atoms with E-state index < -0.39 is 58.4 Å². The van der Waals surface area contributed by atoms with Gasteiger partial charge in [-0.15, -0.1) is 0 Å². The Morgan fingerprint density at radius 1 is 1.04 bits per heavy atom. The van der Waals surface area contributed by atoms with Crippen molar-refractivity contribution in [1.29, 1.82) is 0 Å². The molecule has 12 nitrogen and oxygen atoms in total. The van der Waals surface area contributed by atoms with Crippen LogP contribution in [-0.4, -0.2) is 76.5 Å². The lowest BCUT2D eigenvalue weighted by atomic mass is 10.1. The molecule has 47 heavy (non-hydrogen) atoms. The van der Waals surface area contributed by atoms with Crippen LogP contribution in [-0.2, 0) is 20.9 Å². The molecule has 0 fully saturated rings. The van der Waals surface area contributed by atoms with Crippen LogP contribution >= 0.6 is 0 Å². The largest absolute Gasteiger partial charge is 0.449 e. The molecule has 0 aliphatic rings. The number of imidazole rings is 1. The third kappa shape index (κ3) is 8.33. The Balaban J connectivity index is 1.56. The van der Waals surface area contributed by atoms with E-state index in [1.165, 1.54) is 49.5 Å². The number of aromatic nitrogens is 3. The van der Waals surface area contributed by atoms with E-state index in [9.17, 15) is 36.7 Å². The Hall–Kier alpha value is -5.67. The molecule has 0 radical (unpaired) electrons. The van der Waals surface area contributed by atoms with Gasteiger partial charge in [-0.25, -0.2) is 22.9 Å². The lowest BCUT2D eigenvalue weighted by Crippen LogP contribution is -2.37. The van der Waals surface area contributed by atoms with E-state index in [0.717, 1.165) is 27.7 Å². The summed E-state index contributed by atoms with van der Waals surface area (Å²) in [6.45, 7) is -0.269. The van der Waals surface area contributed by atoms with E-state index in [1.807, 2.05) is 0 Å². The molecule has 3 amide bonds. The maximum atomic E-state index is 14.8. The lowest BCUT2D eigenvalue weighted by Gasteiger charge is -2.19. The third-order valence-electron chi connectivity index (χ3n) is 6.58. The predicted molar refractivity (Wildman–Crippen MR) is 162 cm³/mol. The summed E-state index contributed by atoms with van der Waals surface area (Å²) in [4.78, 5) is 59.8. The van der Waals surface area contributed by atoms with Crippen molar-refractivity contribution in [3.05, 3.63) is 94.2 Å².